The lowest BCUT2D eigenvalue weighted by molar-refractivity contribution is 0.0952. The third-order valence-electron chi connectivity index (χ3n) is 2.17. The Hall–Kier alpha value is -2.63. The molecular formula is C12H11N3O3. The van der Waals surface area contributed by atoms with Crippen LogP contribution in [0, 0.1) is 0 Å². The van der Waals surface area contributed by atoms with Crippen LogP contribution in [-0.4, -0.2) is 22.4 Å². The van der Waals surface area contributed by atoms with E-state index in [9.17, 15) is 9.59 Å². The van der Waals surface area contributed by atoms with Gasteiger partial charge in [-0.2, -0.15) is 4.98 Å². The molecule has 2 rings (SSSR count). The van der Waals surface area contributed by atoms with Crippen LogP contribution >= 0.6 is 0 Å². The molecule has 92 valence electrons. The second kappa shape index (κ2) is 5.13. The normalized spacial score (nSPS) is 10.0. The topological polar surface area (TPSA) is 88.0 Å². The van der Waals surface area contributed by atoms with Gasteiger partial charge in [0.25, 0.3) is 5.91 Å². The van der Waals surface area contributed by atoms with Crippen molar-refractivity contribution in [1.82, 2.24) is 15.3 Å². The number of hydrogen-bond donors (Lipinski definition) is 2. The van der Waals surface area contributed by atoms with Crippen LogP contribution in [0.1, 0.15) is 10.5 Å². The number of aromatic nitrogens is 2. The van der Waals surface area contributed by atoms with Gasteiger partial charge in [0.1, 0.15) is 11.5 Å². The van der Waals surface area contributed by atoms with E-state index in [-0.39, 0.29) is 5.69 Å². The van der Waals surface area contributed by atoms with Gasteiger partial charge in [0, 0.05) is 6.54 Å². The standard InChI is InChI=1S/C12H11N3O3/c1-2-5-13-11(16)9-7-8(14-12(17)15-9)10-4-3-6-18-10/h2-4,6-7H,1,5H2,(H,13,16)(H,14,15,17). The van der Waals surface area contributed by atoms with Crippen molar-refractivity contribution in [3.05, 3.63) is 53.3 Å². The molecule has 0 saturated heterocycles. The van der Waals surface area contributed by atoms with E-state index in [4.69, 9.17) is 4.42 Å². The Bertz CT molecular complexity index is 614. The second-order valence-electron chi connectivity index (χ2n) is 3.46. The van der Waals surface area contributed by atoms with Crippen LogP contribution in [0.5, 0.6) is 0 Å². The summed E-state index contributed by atoms with van der Waals surface area (Å²) in [6.07, 6.45) is 3.02. The first-order valence-corrected chi connectivity index (χ1v) is 5.25. The van der Waals surface area contributed by atoms with E-state index < -0.39 is 11.6 Å². The van der Waals surface area contributed by atoms with Crippen molar-refractivity contribution in [3.8, 4) is 11.5 Å². The third-order valence-corrected chi connectivity index (χ3v) is 2.17. The van der Waals surface area contributed by atoms with Crippen LogP contribution in [0.4, 0.5) is 0 Å². The molecule has 0 fully saturated rings. The average molecular weight is 245 g/mol. The molecule has 0 aliphatic carbocycles. The summed E-state index contributed by atoms with van der Waals surface area (Å²) in [5.41, 5.74) is -0.164. The molecule has 2 N–H and O–H groups in total. The summed E-state index contributed by atoms with van der Waals surface area (Å²) in [5, 5.41) is 2.55. The number of carbonyl (C=O) groups is 1. The van der Waals surface area contributed by atoms with E-state index in [1.807, 2.05) is 0 Å². The van der Waals surface area contributed by atoms with E-state index in [1.165, 1.54) is 12.3 Å². The number of nitrogens with zero attached hydrogens (tertiary/aromatic N) is 1. The largest absolute Gasteiger partial charge is 0.463 e. The van der Waals surface area contributed by atoms with Crippen LogP contribution in [0.3, 0.4) is 0 Å². The van der Waals surface area contributed by atoms with E-state index in [0.29, 0.717) is 18.0 Å². The van der Waals surface area contributed by atoms with Gasteiger partial charge in [-0.05, 0) is 18.2 Å². The van der Waals surface area contributed by atoms with Gasteiger partial charge in [0.15, 0.2) is 0 Å². The predicted octanol–water partition coefficient (Wildman–Crippen LogP) is 0.946. The summed E-state index contributed by atoms with van der Waals surface area (Å²) in [5.74, 6) is 0.0288. The number of rotatable bonds is 4. The molecule has 0 aromatic carbocycles. The first-order valence-electron chi connectivity index (χ1n) is 5.25. The Balaban J connectivity index is 2.35. The Labute approximate surface area is 102 Å². The highest BCUT2D eigenvalue weighted by Crippen LogP contribution is 2.15. The SMILES string of the molecule is C=CCNC(=O)c1cc(-c2ccco2)[nH]c(=O)n1. The average Bonchev–Trinajstić information content (AvgIpc) is 2.89. The number of H-pyrrole nitrogens is 1. The molecule has 0 aliphatic rings. The highest BCUT2D eigenvalue weighted by molar-refractivity contribution is 5.93. The zero-order valence-electron chi connectivity index (χ0n) is 9.47. The molecule has 0 spiro atoms. The van der Waals surface area contributed by atoms with Crippen LogP contribution in [0.15, 0.2) is 46.3 Å². The maximum atomic E-state index is 11.7. The number of nitrogens with one attached hydrogen (secondary N) is 2. The van der Waals surface area contributed by atoms with Gasteiger partial charge in [-0.3, -0.25) is 4.79 Å². The van der Waals surface area contributed by atoms with Gasteiger partial charge in [0.2, 0.25) is 0 Å². The molecule has 2 aromatic rings. The van der Waals surface area contributed by atoms with Crippen molar-refractivity contribution in [3.63, 3.8) is 0 Å². The highest BCUT2D eigenvalue weighted by Gasteiger charge is 2.11. The fourth-order valence-electron chi connectivity index (χ4n) is 1.39. The molecule has 0 aliphatic heterocycles. The predicted molar refractivity (Wildman–Crippen MR) is 65.1 cm³/mol. The molecule has 2 aromatic heterocycles. The summed E-state index contributed by atoms with van der Waals surface area (Å²) in [6.45, 7) is 3.79. The Morgan fingerprint density at radius 3 is 3.11 bits per heavy atom. The van der Waals surface area contributed by atoms with Crippen molar-refractivity contribution in [2.45, 2.75) is 0 Å². The number of hydrogen-bond acceptors (Lipinski definition) is 4. The monoisotopic (exact) mass is 245 g/mol. The van der Waals surface area contributed by atoms with E-state index >= 15 is 0 Å². The van der Waals surface area contributed by atoms with E-state index in [0.717, 1.165) is 0 Å². The summed E-state index contributed by atoms with van der Waals surface area (Å²) in [7, 11) is 0. The van der Waals surface area contributed by atoms with Crippen molar-refractivity contribution < 1.29 is 9.21 Å². The summed E-state index contributed by atoms with van der Waals surface area (Å²) in [4.78, 5) is 29.1. The molecule has 0 saturated carbocycles. The van der Waals surface area contributed by atoms with Gasteiger partial charge < -0.3 is 14.7 Å². The van der Waals surface area contributed by atoms with E-state index in [2.05, 4.69) is 21.9 Å². The molecule has 6 heteroatoms. The first kappa shape index (κ1) is 11.8. The first-order chi connectivity index (χ1) is 8.70. The van der Waals surface area contributed by atoms with Gasteiger partial charge >= 0.3 is 5.69 Å². The molecule has 0 radical (unpaired) electrons. The Morgan fingerprint density at radius 1 is 1.61 bits per heavy atom. The van der Waals surface area contributed by atoms with Crippen molar-refractivity contribution in [2.24, 2.45) is 0 Å². The lowest BCUT2D eigenvalue weighted by Gasteiger charge is -2.02. The summed E-state index contributed by atoms with van der Waals surface area (Å²) < 4.78 is 5.14. The lowest BCUT2D eigenvalue weighted by atomic mass is 10.2. The smallest absolute Gasteiger partial charge is 0.346 e. The molecule has 6 nitrogen and oxygen atoms in total. The van der Waals surface area contributed by atoms with Crippen molar-refractivity contribution in [1.29, 1.82) is 0 Å². The third kappa shape index (κ3) is 2.54. The molecule has 0 unspecified atom stereocenters. The Morgan fingerprint density at radius 2 is 2.44 bits per heavy atom. The van der Waals surface area contributed by atoms with Crippen LogP contribution < -0.4 is 11.0 Å². The summed E-state index contributed by atoms with van der Waals surface area (Å²) >= 11 is 0. The molecule has 0 bridgehead atoms. The van der Waals surface area contributed by atoms with Gasteiger partial charge in [-0.15, -0.1) is 6.58 Å². The molecule has 1 amide bonds. The van der Waals surface area contributed by atoms with Gasteiger partial charge in [0.05, 0.1) is 12.0 Å². The molecule has 18 heavy (non-hydrogen) atoms. The number of carbonyl (C=O) groups excluding carboxylic acids is 1. The molecule has 0 atom stereocenters. The Kier molecular flexibility index (Phi) is 3.38. The minimum atomic E-state index is -0.604. The number of amides is 1. The molecular weight excluding hydrogens is 234 g/mol. The summed E-state index contributed by atoms with van der Waals surface area (Å²) in [6, 6.07) is 4.82. The maximum absolute atomic E-state index is 11.7. The minimum absolute atomic E-state index is 0.0343. The maximum Gasteiger partial charge on any atom is 0.346 e. The fraction of sp³-hybridized carbons (Fsp3) is 0.0833. The number of furan rings is 1. The van der Waals surface area contributed by atoms with Crippen LogP contribution in [0.2, 0.25) is 0 Å². The second-order valence-corrected chi connectivity index (χ2v) is 3.46. The van der Waals surface area contributed by atoms with Crippen LogP contribution in [-0.2, 0) is 0 Å². The van der Waals surface area contributed by atoms with Gasteiger partial charge in [-0.25, -0.2) is 4.79 Å². The van der Waals surface area contributed by atoms with Crippen LogP contribution in [0.25, 0.3) is 11.5 Å². The zero-order chi connectivity index (χ0) is 13.0. The fourth-order valence-corrected chi connectivity index (χ4v) is 1.39. The highest BCUT2D eigenvalue weighted by atomic mass is 16.3. The minimum Gasteiger partial charge on any atom is -0.463 e. The van der Waals surface area contributed by atoms with Crippen molar-refractivity contribution in [2.75, 3.05) is 6.54 Å². The van der Waals surface area contributed by atoms with Crippen molar-refractivity contribution >= 4 is 5.91 Å². The van der Waals surface area contributed by atoms with E-state index in [1.54, 1.807) is 18.2 Å². The zero-order valence-corrected chi connectivity index (χ0v) is 9.47. The molecule has 2 heterocycles. The quantitative estimate of drug-likeness (QED) is 0.785. The lowest BCUT2D eigenvalue weighted by Crippen LogP contribution is -2.27. The van der Waals surface area contributed by atoms with Gasteiger partial charge in [-0.1, -0.05) is 6.08 Å². The number of aromatic amines is 1.